The number of nitrogens with one attached hydrogen (secondary N) is 1. The van der Waals surface area contributed by atoms with Crippen molar-refractivity contribution in [2.24, 2.45) is 4.99 Å². The van der Waals surface area contributed by atoms with Gasteiger partial charge in [0.05, 0.1) is 18.5 Å². The summed E-state index contributed by atoms with van der Waals surface area (Å²) in [7, 11) is -3.35. The highest BCUT2D eigenvalue weighted by Crippen LogP contribution is 2.11. The van der Waals surface area contributed by atoms with E-state index in [-0.39, 0.29) is 18.5 Å². The summed E-state index contributed by atoms with van der Waals surface area (Å²) in [5.74, 6) is -0.549. The van der Waals surface area contributed by atoms with E-state index >= 15 is 0 Å². The predicted molar refractivity (Wildman–Crippen MR) is 114 cm³/mol. The number of benzene rings is 1. The van der Waals surface area contributed by atoms with Crippen LogP contribution in [0.4, 0.5) is 8.78 Å². The number of sulfonamides is 1. The van der Waals surface area contributed by atoms with E-state index in [1.54, 1.807) is 0 Å². The topological polar surface area (TPSA) is 74.2 Å². The molecule has 0 atom stereocenters. The fourth-order valence-electron chi connectivity index (χ4n) is 3.17. The molecule has 170 valence electrons. The van der Waals surface area contributed by atoms with Crippen molar-refractivity contribution < 1.29 is 21.9 Å². The zero-order valence-corrected chi connectivity index (χ0v) is 18.7. The lowest BCUT2D eigenvalue weighted by Gasteiger charge is -2.36. The summed E-state index contributed by atoms with van der Waals surface area (Å²) < 4.78 is 58.4. The second kappa shape index (κ2) is 11.6. The van der Waals surface area contributed by atoms with Crippen LogP contribution in [0.2, 0.25) is 0 Å². The van der Waals surface area contributed by atoms with Crippen LogP contribution in [0.3, 0.4) is 0 Å². The Bertz CT molecular complexity index is 790. The molecule has 7 nitrogen and oxygen atoms in total. The molecule has 0 radical (unpaired) electrons. The number of nitrogens with zero attached hydrogens (tertiary/aromatic N) is 3. The third-order valence-electron chi connectivity index (χ3n) is 4.64. The summed E-state index contributed by atoms with van der Waals surface area (Å²) in [6.45, 7) is 8.71. The molecule has 2 rings (SSSR count). The number of hydrogen-bond donors (Lipinski definition) is 1. The van der Waals surface area contributed by atoms with Crippen LogP contribution in [0.5, 0.6) is 0 Å². The summed E-state index contributed by atoms with van der Waals surface area (Å²) >= 11 is 0. The van der Waals surface area contributed by atoms with Gasteiger partial charge >= 0.3 is 0 Å². The van der Waals surface area contributed by atoms with Crippen molar-refractivity contribution in [3.8, 4) is 0 Å². The van der Waals surface area contributed by atoms with Gasteiger partial charge in [0.15, 0.2) is 5.96 Å². The lowest BCUT2D eigenvalue weighted by molar-refractivity contribution is 0.0904. The molecule has 1 aliphatic heterocycles. The summed E-state index contributed by atoms with van der Waals surface area (Å²) in [5.41, 5.74) is 0.548. The molecule has 0 aliphatic carbocycles. The van der Waals surface area contributed by atoms with Crippen molar-refractivity contribution >= 4 is 16.0 Å². The fraction of sp³-hybridized carbons (Fsp3) is 0.650. The third kappa shape index (κ3) is 7.81. The van der Waals surface area contributed by atoms with Gasteiger partial charge in [-0.25, -0.2) is 17.2 Å². The first-order valence-electron chi connectivity index (χ1n) is 10.3. The molecule has 1 aromatic rings. The average Bonchev–Trinajstić information content (AvgIpc) is 2.66. The number of rotatable bonds is 9. The quantitative estimate of drug-likeness (QED) is 0.463. The van der Waals surface area contributed by atoms with Gasteiger partial charge in [0.1, 0.15) is 11.6 Å². The minimum absolute atomic E-state index is 0.000179. The van der Waals surface area contributed by atoms with Crippen LogP contribution in [-0.4, -0.2) is 81.3 Å². The maximum Gasteiger partial charge on any atom is 0.216 e. The van der Waals surface area contributed by atoms with E-state index in [1.165, 1.54) is 16.4 Å². The Labute approximate surface area is 178 Å². The van der Waals surface area contributed by atoms with Gasteiger partial charge in [0, 0.05) is 45.3 Å². The standard InChI is InChI=1S/C20H32F2N4O3S/c1-4-23-20(24-6-5-17-13-18(21)15-19(22)14-17)25-7-9-26(10-8-25)30(27,28)12-11-29-16(2)3/h13-16H,4-12H2,1-3H3,(H,23,24). The van der Waals surface area contributed by atoms with Gasteiger partial charge < -0.3 is 15.0 Å². The van der Waals surface area contributed by atoms with Gasteiger partial charge in [0.25, 0.3) is 0 Å². The molecule has 0 saturated carbocycles. The van der Waals surface area contributed by atoms with Crippen LogP contribution in [0.15, 0.2) is 23.2 Å². The first kappa shape index (κ1) is 24.5. The van der Waals surface area contributed by atoms with Crippen molar-refractivity contribution in [3.05, 3.63) is 35.4 Å². The number of guanidine groups is 1. The zero-order chi connectivity index (χ0) is 22.1. The first-order chi connectivity index (χ1) is 14.2. The number of piperazine rings is 1. The van der Waals surface area contributed by atoms with Crippen LogP contribution in [0, 0.1) is 11.6 Å². The first-order valence-corrected chi connectivity index (χ1v) is 11.9. The molecule has 0 aromatic heterocycles. The van der Waals surface area contributed by atoms with Gasteiger partial charge in [-0.3, -0.25) is 4.99 Å². The van der Waals surface area contributed by atoms with Gasteiger partial charge in [0.2, 0.25) is 10.0 Å². The zero-order valence-electron chi connectivity index (χ0n) is 17.9. The van der Waals surface area contributed by atoms with E-state index in [2.05, 4.69) is 10.3 Å². The molecular formula is C20H32F2N4O3S. The molecule has 0 amide bonds. The van der Waals surface area contributed by atoms with Gasteiger partial charge in [-0.05, 0) is 44.9 Å². The molecule has 1 fully saturated rings. The summed E-state index contributed by atoms with van der Waals surface area (Å²) in [6.07, 6.45) is 0.410. The Morgan fingerprint density at radius 2 is 1.80 bits per heavy atom. The molecule has 10 heteroatoms. The van der Waals surface area contributed by atoms with E-state index in [9.17, 15) is 17.2 Å². The lowest BCUT2D eigenvalue weighted by Crippen LogP contribution is -2.54. The maximum absolute atomic E-state index is 13.3. The van der Waals surface area contributed by atoms with Gasteiger partial charge in [-0.1, -0.05) is 0 Å². The Hall–Kier alpha value is -1.78. The summed E-state index contributed by atoms with van der Waals surface area (Å²) in [4.78, 5) is 6.55. The monoisotopic (exact) mass is 446 g/mol. The molecule has 0 spiro atoms. The molecule has 1 heterocycles. The second-order valence-electron chi connectivity index (χ2n) is 7.39. The third-order valence-corrected chi connectivity index (χ3v) is 6.48. The minimum Gasteiger partial charge on any atom is -0.378 e. The maximum atomic E-state index is 13.3. The lowest BCUT2D eigenvalue weighted by atomic mass is 10.1. The van der Waals surface area contributed by atoms with Crippen molar-refractivity contribution in [2.45, 2.75) is 33.3 Å². The van der Waals surface area contributed by atoms with E-state index < -0.39 is 21.7 Å². The predicted octanol–water partition coefficient (Wildman–Crippen LogP) is 1.85. The fourth-order valence-corrected chi connectivity index (χ4v) is 4.45. The Morgan fingerprint density at radius 3 is 2.37 bits per heavy atom. The highest BCUT2D eigenvalue weighted by Gasteiger charge is 2.28. The number of hydrogen-bond acceptors (Lipinski definition) is 4. The van der Waals surface area contributed by atoms with Crippen molar-refractivity contribution in [2.75, 3.05) is 51.6 Å². The number of halogens is 2. The van der Waals surface area contributed by atoms with Crippen LogP contribution < -0.4 is 5.32 Å². The summed E-state index contributed by atoms with van der Waals surface area (Å²) in [5, 5.41) is 3.20. The summed E-state index contributed by atoms with van der Waals surface area (Å²) in [6, 6.07) is 3.45. The Kier molecular flexibility index (Phi) is 9.44. The van der Waals surface area contributed by atoms with Gasteiger partial charge in [-0.2, -0.15) is 4.31 Å². The van der Waals surface area contributed by atoms with E-state index in [1.807, 2.05) is 25.7 Å². The Morgan fingerprint density at radius 1 is 1.17 bits per heavy atom. The number of ether oxygens (including phenoxy) is 1. The van der Waals surface area contributed by atoms with Crippen LogP contribution >= 0.6 is 0 Å². The average molecular weight is 447 g/mol. The molecule has 0 bridgehead atoms. The highest BCUT2D eigenvalue weighted by atomic mass is 32.2. The Balaban J connectivity index is 1.90. The van der Waals surface area contributed by atoms with Crippen LogP contribution in [-0.2, 0) is 21.2 Å². The van der Waals surface area contributed by atoms with Crippen LogP contribution in [0.1, 0.15) is 26.3 Å². The van der Waals surface area contributed by atoms with Crippen molar-refractivity contribution in [1.82, 2.24) is 14.5 Å². The van der Waals surface area contributed by atoms with E-state index in [4.69, 9.17) is 4.74 Å². The minimum atomic E-state index is -3.35. The van der Waals surface area contributed by atoms with Gasteiger partial charge in [-0.15, -0.1) is 0 Å². The van der Waals surface area contributed by atoms with Crippen molar-refractivity contribution in [1.29, 1.82) is 0 Å². The molecule has 1 aromatic carbocycles. The molecule has 1 N–H and O–H groups in total. The highest BCUT2D eigenvalue weighted by molar-refractivity contribution is 7.89. The largest absolute Gasteiger partial charge is 0.378 e. The molecule has 30 heavy (non-hydrogen) atoms. The number of aliphatic imine (C=N–C) groups is 1. The normalized spacial score (nSPS) is 16.3. The molecule has 0 unspecified atom stereocenters. The SMILES string of the molecule is CCNC(=NCCc1cc(F)cc(F)c1)N1CCN(S(=O)(=O)CCOC(C)C)CC1. The van der Waals surface area contributed by atoms with E-state index in [0.29, 0.717) is 57.2 Å². The smallest absolute Gasteiger partial charge is 0.216 e. The molecular weight excluding hydrogens is 414 g/mol. The molecule has 1 saturated heterocycles. The van der Waals surface area contributed by atoms with E-state index in [0.717, 1.165) is 6.07 Å². The molecule has 1 aliphatic rings. The second-order valence-corrected chi connectivity index (χ2v) is 9.47. The van der Waals surface area contributed by atoms with Crippen molar-refractivity contribution in [3.63, 3.8) is 0 Å². The van der Waals surface area contributed by atoms with Crippen LogP contribution in [0.25, 0.3) is 0 Å².